The molecule has 4 rings (SSSR count). The summed E-state index contributed by atoms with van der Waals surface area (Å²) in [7, 11) is 0. The van der Waals surface area contributed by atoms with Gasteiger partial charge in [-0.2, -0.15) is 0 Å². The highest BCUT2D eigenvalue weighted by molar-refractivity contribution is 5.96. The molecule has 26 heavy (non-hydrogen) atoms. The summed E-state index contributed by atoms with van der Waals surface area (Å²) in [5, 5.41) is 3.43. The number of hydrogen-bond acceptors (Lipinski definition) is 3. The minimum Gasteiger partial charge on any atom is -0.342 e. The van der Waals surface area contributed by atoms with E-state index in [1.54, 1.807) is 0 Å². The first-order chi connectivity index (χ1) is 11.6. The van der Waals surface area contributed by atoms with E-state index in [0.717, 1.165) is 48.8 Å². The number of carbonyl (C=O) groups is 1. The predicted octanol–water partition coefficient (Wildman–Crippen LogP) is 2.68. The Hall–Kier alpha value is -1.56. The van der Waals surface area contributed by atoms with Crippen LogP contribution in [0, 0.1) is 25.7 Å². The highest BCUT2D eigenvalue weighted by Crippen LogP contribution is 2.28. The normalized spacial score (nSPS) is 21.1. The zero-order chi connectivity index (χ0) is 16.7. The molecule has 142 valence electrons. The fourth-order valence-corrected chi connectivity index (χ4v) is 4.11. The molecule has 2 atom stereocenters. The lowest BCUT2D eigenvalue weighted by atomic mass is 10.0. The number of amides is 1. The summed E-state index contributed by atoms with van der Waals surface area (Å²) in [6, 6.07) is 7.98. The molecule has 2 aromatic rings. The van der Waals surface area contributed by atoms with Gasteiger partial charge in [-0.05, 0) is 43.9 Å². The van der Waals surface area contributed by atoms with Crippen molar-refractivity contribution in [2.24, 2.45) is 11.8 Å². The molecular formula is C19H26Cl2N4O. The predicted molar refractivity (Wildman–Crippen MR) is 107 cm³/mol. The third-order valence-electron chi connectivity index (χ3n) is 5.53. The number of aromatic nitrogens is 2. The molecule has 2 aromatic heterocycles. The van der Waals surface area contributed by atoms with E-state index >= 15 is 0 Å². The number of fused-ring (bicyclic) bond motifs is 1. The molecule has 1 N–H and O–H groups in total. The summed E-state index contributed by atoms with van der Waals surface area (Å²) in [4.78, 5) is 19.4. The lowest BCUT2D eigenvalue weighted by molar-refractivity contribution is 0.0781. The molecule has 0 aromatic carbocycles. The quantitative estimate of drug-likeness (QED) is 0.867. The van der Waals surface area contributed by atoms with Crippen LogP contribution in [-0.2, 0) is 6.54 Å². The fraction of sp³-hybridized carbons (Fsp3) is 0.474. The molecule has 0 saturated carbocycles. The third-order valence-corrected chi connectivity index (χ3v) is 5.53. The van der Waals surface area contributed by atoms with Gasteiger partial charge >= 0.3 is 0 Å². The van der Waals surface area contributed by atoms with Crippen LogP contribution in [0.1, 0.15) is 27.4 Å². The van der Waals surface area contributed by atoms with Crippen LogP contribution in [0.2, 0.25) is 0 Å². The van der Waals surface area contributed by atoms with E-state index in [9.17, 15) is 4.79 Å². The molecule has 4 heterocycles. The van der Waals surface area contributed by atoms with Gasteiger partial charge in [-0.25, -0.2) is 0 Å². The second-order valence-electron chi connectivity index (χ2n) is 7.08. The lowest BCUT2D eigenvalue weighted by Gasteiger charge is -2.17. The average molecular weight is 397 g/mol. The maximum Gasteiger partial charge on any atom is 0.255 e. The van der Waals surface area contributed by atoms with Crippen molar-refractivity contribution in [1.82, 2.24) is 19.8 Å². The number of nitrogens with zero attached hydrogens (tertiary/aromatic N) is 3. The molecular weight excluding hydrogens is 371 g/mol. The Balaban J connectivity index is 0.00000121. The number of rotatable bonds is 3. The number of nitrogens with one attached hydrogen (secondary N) is 1. The van der Waals surface area contributed by atoms with Gasteiger partial charge in [0.05, 0.1) is 17.8 Å². The van der Waals surface area contributed by atoms with Gasteiger partial charge in [0.2, 0.25) is 0 Å². The molecule has 2 aliphatic heterocycles. The van der Waals surface area contributed by atoms with Gasteiger partial charge in [-0.15, -0.1) is 24.8 Å². The molecule has 7 heteroatoms. The number of likely N-dealkylation sites (tertiary alicyclic amines) is 1. The molecule has 0 spiro atoms. The summed E-state index contributed by atoms with van der Waals surface area (Å²) >= 11 is 0. The van der Waals surface area contributed by atoms with Gasteiger partial charge in [-0.1, -0.05) is 6.07 Å². The van der Waals surface area contributed by atoms with Gasteiger partial charge in [-0.3, -0.25) is 9.78 Å². The largest absolute Gasteiger partial charge is 0.342 e. The van der Waals surface area contributed by atoms with Crippen molar-refractivity contribution in [2.45, 2.75) is 20.4 Å². The van der Waals surface area contributed by atoms with E-state index in [0.29, 0.717) is 18.4 Å². The van der Waals surface area contributed by atoms with Crippen LogP contribution in [0.3, 0.4) is 0 Å². The summed E-state index contributed by atoms with van der Waals surface area (Å²) in [6.45, 7) is 8.69. The summed E-state index contributed by atoms with van der Waals surface area (Å²) < 4.78 is 2.19. The maximum atomic E-state index is 13.0. The van der Waals surface area contributed by atoms with Crippen LogP contribution >= 0.6 is 24.8 Å². The van der Waals surface area contributed by atoms with Crippen molar-refractivity contribution in [3.8, 4) is 0 Å². The smallest absolute Gasteiger partial charge is 0.255 e. The molecule has 0 aliphatic carbocycles. The number of hydrogen-bond donors (Lipinski definition) is 1. The minimum atomic E-state index is 0. The van der Waals surface area contributed by atoms with Crippen molar-refractivity contribution in [1.29, 1.82) is 0 Å². The van der Waals surface area contributed by atoms with Crippen LogP contribution < -0.4 is 5.32 Å². The van der Waals surface area contributed by atoms with E-state index in [2.05, 4.69) is 21.8 Å². The molecule has 0 bridgehead atoms. The SMILES string of the molecule is Cc1cc(C(=O)N2C[C@H]3CNC[C@H]3C2)c(C)n1Cc1ccccn1.Cl.Cl. The summed E-state index contributed by atoms with van der Waals surface area (Å²) in [5.74, 6) is 1.45. The van der Waals surface area contributed by atoms with Crippen LogP contribution in [0.25, 0.3) is 0 Å². The molecule has 2 aliphatic rings. The van der Waals surface area contributed by atoms with Crippen LogP contribution in [0.4, 0.5) is 0 Å². The van der Waals surface area contributed by atoms with Gasteiger partial charge in [0.15, 0.2) is 0 Å². The molecule has 2 fully saturated rings. The highest BCUT2D eigenvalue weighted by Gasteiger charge is 2.38. The fourth-order valence-electron chi connectivity index (χ4n) is 4.11. The second kappa shape index (κ2) is 8.42. The van der Waals surface area contributed by atoms with E-state index in [-0.39, 0.29) is 30.7 Å². The summed E-state index contributed by atoms with van der Waals surface area (Å²) in [5.41, 5.74) is 4.01. The highest BCUT2D eigenvalue weighted by atomic mass is 35.5. The van der Waals surface area contributed by atoms with E-state index < -0.39 is 0 Å². The number of halogens is 2. The molecule has 0 radical (unpaired) electrons. The summed E-state index contributed by atoms with van der Waals surface area (Å²) in [6.07, 6.45) is 1.81. The van der Waals surface area contributed by atoms with Crippen LogP contribution in [0.5, 0.6) is 0 Å². The first-order valence-corrected chi connectivity index (χ1v) is 8.70. The zero-order valence-corrected chi connectivity index (χ0v) is 16.8. The Morgan fingerprint density at radius 3 is 2.50 bits per heavy atom. The average Bonchev–Trinajstić information content (AvgIpc) is 3.25. The number of carbonyl (C=O) groups excluding carboxylic acids is 1. The molecule has 1 amide bonds. The van der Waals surface area contributed by atoms with E-state index in [4.69, 9.17) is 0 Å². The Morgan fingerprint density at radius 2 is 1.88 bits per heavy atom. The number of aryl methyl sites for hydroxylation is 1. The van der Waals surface area contributed by atoms with Crippen LogP contribution in [-0.4, -0.2) is 46.5 Å². The van der Waals surface area contributed by atoms with Crippen molar-refractivity contribution in [3.63, 3.8) is 0 Å². The Labute approximate surface area is 167 Å². The van der Waals surface area contributed by atoms with Crippen molar-refractivity contribution < 1.29 is 4.79 Å². The van der Waals surface area contributed by atoms with Gasteiger partial charge < -0.3 is 14.8 Å². The maximum absolute atomic E-state index is 13.0. The third kappa shape index (κ3) is 3.75. The molecule has 5 nitrogen and oxygen atoms in total. The van der Waals surface area contributed by atoms with Crippen molar-refractivity contribution >= 4 is 30.7 Å². The van der Waals surface area contributed by atoms with E-state index in [1.807, 2.05) is 42.3 Å². The molecule has 0 unspecified atom stereocenters. The monoisotopic (exact) mass is 396 g/mol. The Morgan fingerprint density at radius 1 is 1.19 bits per heavy atom. The first kappa shape index (κ1) is 20.7. The van der Waals surface area contributed by atoms with Crippen LogP contribution in [0.15, 0.2) is 30.5 Å². The molecule has 2 saturated heterocycles. The Kier molecular flexibility index (Phi) is 6.72. The van der Waals surface area contributed by atoms with Gasteiger partial charge in [0.25, 0.3) is 5.91 Å². The van der Waals surface area contributed by atoms with Gasteiger partial charge in [0, 0.05) is 43.8 Å². The van der Waals surface area contributed by atoms with Crippen molar-refractivity contribution in [3.05, 3.63) is 53.1 Å². The second-order valence-corrected chi connectivity index (χ2v) is 7.08. The zero-order valence-electron chi connectivity index (χ0n) is 15.1. The lowest BCUT2D eigenvalue weighted by Crippen LogP contribution is -2.32. The topological polar surface area (TPSA) is 50.2 Å². The standard InChI is InChI=1S/C19H24N4O.2ClH/c1-13-7-18(14(2)23(13)12-17-5-3-4-6-21-17)19(24)22-10-15-8-20-9-16(15)11-22;;/h3-7,15-16,20H,8-12H2,1-2H3;2*1H/t15-,16+;;. The van der Waals surface area contributed by atoms with E-state index in [1.165, 1.54) is 0 Å². The van der Waals surface area contributed by atoms with Gasteiger partial charge in [0.1, 0.15) is 0 Å². The minimum absolute atomic E-state index is 0. The Bertz CT molecular complexity index is 750. The number of pyridine rings is 1. The van der Waals surface area contributed by atoms with Crippen molar-refractivity contribution in [2.75, 3.05) is 26.2 Å². The first-order valence-electron chi connectivity index (χ1n) is 8.70.